The molecule has 0 fully saturated rings. The summed E-state index contributed by atoms with van der Waals surface area (Å²) in [6.45, 7) is 6.55. The number of amides is 1. The predicted octanol–water partition coefficient (Wildman–Crippen LogP) is 6.97. The summed E-state index contributed by atoms with van der Waals surface area (Å²) in [6, 6.07) is 18.6. The van der Waals surface area contributed by atoms with Crippen molar-refractivity contribution < 1.29 is 13.9 Å². The zero-order valence-corrected chi connectivity index (χ0v) is 21.1. The molecule has 0 aliphatic rings. The van der Waals surface area contributed by atoms with Gasteiger partial charge in [0, 0.05) is 51.8 Å². The van der Waals surface area contributed by atoms with E-state index in [-0.39, 0.29) is 5.91 Å². The fourth-order valence-electron chi connectivity index (χ4n) is 4.81. The average molecular weight is 479 g/mol. The first-order valence-corrected chi connectivity index (χ1v) is 12.1. The van der Waals surface area contributed by atoms with Gasteiger partial charge >= 0.3 is 0 Å². The number of para-hydroxylation sites is 1. The topological polar surface area (TPSA) is 67.3 Å². The summed E-state index contributed by atoms with van der Waals surface area (Å²) in [7, 11) is 1.65. The highest BCUT2D eigenvalue weighted by Crippen LogP contribution is 2.40. The normalized spacial score (nSPS) is 11.8. The number of methoxy groups -OCH3 is 1. The van der Waals surface area contributed by atoms with Crippen molar-refractivity contribution in [2.75, 3.05) is 13.7 Å². The Morgan fingerprint density at radius 1 is 1.08 bits per heavy atom. The molecule has 5 nitrogen and oxygen atoms in total. The van der Waals surface area contributed by atoms with E-state index in [1.54, 1.807) is 19.4 Å². The van der Waals surface area contributed by atoms with Crippen LogP contribution in [-0.2, 0) is 11.2 Å². The number of aromatic nitrogens is 1. The number of rotatable bonds is 7. The van der Waals surface area contributed by atoms with Crippen LogP contribution in [0.2, 0.25) is 0 Å². The minimum absolute atomic E-state index is 0.127. The third-order valence-electron chi connectivity index (χ3n) is 6.75. The van der Waals surface area contributed by atoms with Crippen LogP contribution in [0.1, 0.15) is 29.2 Å². The molecule has 0 aliphatic heterocycles. The molecule has 5 rings (SSSR count). The molecule has 0 atom stereocenters. The van der Waals surface area contributed by atoms with Gasteiger partial charge in [-0.15, -0.1) is 0 Å². The van der Waals surface area contributed by atoms with Gasteiger partial charge in [-0.25, -0.2) is 0 Å². The highest BCUT2D eigenvalue weighted by molar-refractivity contribution is 6.01. The maximum Gasteiger partial charge on any atom is 0.244 e. The Balaban J connectivity index is 1.39. The van der Waals surface area contributed by atoms with E-state index in [2.05, 4.69) is 59.7 Å². The molecular formula is C31H30N2O3. The van der Waals surface area contributed by atoms with Crippen LogP contribution in [0.4, 0.5) is 0 Å². The number of benzene rings is 3. The summed E-state index contributed by atoms with van der Waals surface area (Å²) in [4.78, 5) is 16.1. The molecule has 36 heavy (non-hydrogen) atoms. The molecule has 0 unspecified atom stereocenters. The summed E-state index contributed by atoms with van der Waals surface area (Å²) >= 11 is 0. The number of aromatic amines is 1. The Morgan fingerprint density at radius 2 is 1.86 bits per heavy atom. The molecule has 2 N–H and O–H groups in total. The number of fused-ring (bicyclic) bond motifs is 2. The van der Waals surface area contributed by atoms with Crippen molar-refractivity contribution in [3.8, 4) is 16.9 Å². The van der Waals surface area contributed by atoms with Gasteiger partial charge < -0.3 is 19.5 Å². The van der Waals surface area contributed by atoms with Gasteiger partial charge in [-0.3, -0.25) is 4.79 Å². The zero-order chi connectivity index (χ0) is 25.2. The van der Waals surface area contributed by atoms with Crippen LogP contribution in [0.5, 0.6) is 5.75 Å². The lowest BCUT2D eigenvalue weighted by atomic mass is 9.96. The Bertz CT molecular complexity index is 1590. The van der Waals surface area contributed by atoms with Crippen molar-refractivity contribution in [1.29, 1.82) is 0 Å². The maximum absolute atomic E-state index is 12.8. The molecule has 182 valence electrons. The van der Waals surface area contributed by atoms with Crippen LogP contribution in [0.25, 0.3) is 38.6 Å². The molecule has 0 saturated heterocycles. The van der Waals surface area contributed by atoms with Crippen molar-refractivity contribution in [2.45, 2.75) is 27.2 Å². The fourth-order valence-corrected chi connectivity index (χ4v) is 4.81. The number of H-pyrrole nitrogens is 1. The van der Waals surface area contributed by atoms with E-state index in [1.807, 2.05) is 32.2 Å². The fraction of sp³-hybridized carbons (Fsp3) is 0.194. The van der Waals surface area contributed by atoms with E-state index >= 15 is 0 Å². The first-order valence-electron chi connectivity index (χ1n) is 12.1. The second-order valence-electron chi connectivity index (χ2n) is 9.20. The van der Waals surface area contributed by atoms with Gasteiger partial charge in [-0.1, -0.05) is 48.0 Å². The third-order valence-corrected chi connectivity index (χ3v) is 6.75. The SMILES string of the molecule is COc1c(/C(C)=C/C(=O)NCCc2c[nH]c3ccccc23)cc2c(-c3ccc(C)cc3)coc2c1C. The second-order valence-corrected chi connectivity index (χ2v) is 9.20. The minimum Gasteiger partial charge on any atom is -0.496 e. The van der Waals surface area contributed by atoms with Crippen LogP contribution in [-0.4, -0.2) is 24.5 Å². The van der Waals surface area contributed by atoms with Gasteiger partial charge in [-0.2, -0.15) is 0 Å². The molecule has 0 radical (unpaired) electrons. The lowest BCUT2D eigenvalue weighted by Gasteiger charge is -2.13. The molecule has 0 bridgehead atoms. The van der Waals surface area contributed by atoms with Gasteiger partial charge in [0.05, 0.1) is 13.4 Å². The van der Waals surface area contributed by atoms with Gasteiger partial charge in [0.15, 0.2) is 0 Å². The van der Waals surface area contributed by atoms with Gasteiger partial charge in [-0.05, 0) is 56.0 Å². The molecule has 3 aromatic carbocycles. The number of hydrogen-bond donors (Lipinski definition) is 2. The summed E-state index contributed by atoms with van der Waals surface area (Å²) in [5.74, 6) is 0.589. The third kappa shape index (κ3) is 4.40. The summed E-state index contributed by atoms with van der Waals surface area (Å²) < 4.78 is 11.7. The number of hydrogen-bond acceptors (Lipinski definition) is 3. The van der Waals surface area contributed by atoms with E-state index in [0.29, 0.717) is 12.3 Å². The molecule has 2 heterocycles. The number of furan rings is 1. The largest absolute Gasteiger partial charge is 0.496 e. The lowest BCUT2D eigenvalue weighted by molar-refractivity contribution is -0.116. The highest BCUT2D eigenvalue weighted by Gasteiger charge is 2.19. The van der Waals surface area contributed by atoms with E-state index in [4.69, 9.17) is 9.15 Å². The molecule has 5 heteroatoms. The average Bonchev–Trinajstić information content (AvgIpc) is 3.49. The number of allylic oxidation sites excluding steroid dienone is 1. The quantitative estimate of drug-likeness (QED) is 0.248. The maximum atomic E-state index is 12.8. The van der Waals surface area contributed by atoms with E-state index in [0.717, 1.165) is 50.7 Å². The van der Waals surface area contributed by atoms with Crippen molar-refractivity contribution in [3.05, 3.63) is 95.4 Å². The number of carbonyl (C=O) groups excluding carboxylic acids is 1. The smallest absolute Gasteiger partial charge is 0.244 e. The van der Waals surface area contributed by atoms with Crippen LogP contribution >= 0.6 is 0 Å². The monoisotopic (exact) mass is 478 g/mol. The van der Waals surface area contributed by atoms with Crippen LogP contribution in [0.3, 0.4) is 0 Å². The van der Waals surface area contributed by atoms with Crippen LogP contribution in [0, 0.1) is 13.8 Å². The lowest BCUT2D eigenvalue weighted by Crippen LogP contribution is -2.23. The number of carbonyl (C=O) groups is 1. The minimum atomic E-state index is -0.127. The standard InChI is InChI=1S/C31H30N2O3/c1-19-9-11-22(12-10-19)27-18-36-31-21(3)30(35-4)25(16-26(27)31)20(2)15-29(34)32-14-13-23-17-33-28-8-6-5-7-24(23)28/h5-12,15-18,33H,13-14H2,1-4H3,(H,32,34)/b20-15+. The molecular weight excluding hydrogens is 448 g/mol. The van der Waals surface area contributed by atoms with Gasteiger partial charge in [0.2, 0.25) is 5.91 Å². The second kappa shape index (κ2) is 9.78. The molecule has 0 spiro atoms. The Kier molecular flexibility index (Phi) is 6.38. The van der Waals surface area contributed by atoms with Gasteiger partial charge in [0.25, 0.3) is 0 Å². The summed E-state index contributed by atoms with van der Waals surface area (Å²) in [5.41, 5.74) is 9.04. The van der Waals surface area contributed by atoms with Crippen LogP contribution in [0.15, 0.2) is 77.6 Å². The predicted molar refractivity (Wildman–Crippen MR) is 146 cm³/mol. The Labute approximate surface area is 210 Å². The van der Waals surface area contributed by atoms with Crippen molar-refractivity contribution >= 4 is 33.4 Å². The molecule has 2 aromatic heterocycles. The van der Waals surface area contributed by atoms with E-state index in [1.165, 1.54) is 16.5 Å². The summed E-state index contributed by atoms with van der Waals surface area (Å²) in [6.07, 6.45) is 6.20. The highest BCUT2D eigenvalue weighted by atomic mass is 16.5. The molecule has 0 saturated carbocycles. The Hall–Kier alpha value is -4.25. The van der Waals surface area contributed by atoms with Crippen molar-refractivity contribution in [3.63, 3.8) is 0 Å². The summed E-state index contributed by atoms with van der Waals surface area (Å²) in [5, 5.41) is 5.22. The van der Waals surface area contributed by atoms with E-state index < -0.39 is 0 Å². The van der Waals surface area contributed by atoms with Crippen molar-refractivity contribution in [2.24, 2.45) is 0 Å². The number of nitrogens with one attached hydrogen (secondary N) is 2. The van der Waals surface area contributed by atoms with Crippen molar-refractivity contribution in [1.82, 2.24) is 10.3 Å². The van der Waals surface area contributed by atoms with Gasteiger partial charge in [0.1, 0.15) is 11.3 Å². The van der Waals surface area contributed by atoms with E-state index in [9.17, 15) is 4.79 Å². The number of ether oxygens (including phenoxy) is 1. The van der Waals surface area contributed by atoms with Crippen LogP contribution < -0.4 is 10.1 Å². The zero-order valence-electron chi connectivity index (χ0n) is 21.1. The first-order chi connectivity index (χ1) is 17.5. The molecule has 1 amide bonds. The first kappa shape index (κ1) is 23.5. The Morgan fingerprint density at radius 3 is 2.64 bits per heavy atom. The molecule has 5 aromatic rings. The number of aryl methyl sites for hydroxylation is 2. The molecule has 0 aliphatic carbocycles.